The predicted octanol–water partition coefficient (Wildman–Crippen LogP) is 5.78. The third-order valence-electron chi connectivity index (χ3n) is 7.56. The number of anilines is 1. The molecule has 2 fully saturated rings. The van der Waals surface area contributed by atoms with Crippen molar-refractivity contribution in [3.63, 3.8) is 0 Å². The summed E-state index contributed by atoms with van der Waals surface area (Å²) < 4.78 is 7.52. The first kappa shape index (κ1) is 31.9. The summed E-state index contributed by atoms with van der Waals surface area (Å²) in [5.41, 5.74) is 0.952. The number of nitrogens with zero attached hydrogens (tertiary/aromatic N) is 4. The number of carbonyl (C=O) groups excluding carboxylic acids is 2. The van der Waals surface area contributed by atoms with Crippen molar-refractivity contribution in [1.82, 2.24) is 9.47 Å². The van der Waals surface area contributed by atoms with Crippen LogP contribution in [0.15, 0.2) is 9.70 Å². The molecule has 3 heterocycles. The Morgan fingerprint density at radius 3 is 2.52 bits per heavy atom. The first-order valence-electron chi connectivity index (χ1n) is 14.6. The quantitative estimate of drug-likeness (QED) is 0.124. The second-order valence-electron chi connectivity index (χ2n) is 10.4. The molecule has 0 bridgehead atoms. The van der Waals surface area contributed by atoms with Gasteiger partial charge in [-0.3, -0.25) is 23.9 Å². The highest BCUT2D eigenvalue weighted by atomic mass is 32.2. The number of thiocarbonyl (C=S) groups is 1. The standard InChI is InChI=1S/C30H42N4O4S2/c1-5-8-10-11-12-17-34-28(36)25(40-30(34)39)18-23-21(4)24(19-31)27(35)33(16-9-6-2)26(23)32-15-13-14-22(20-32)29(37)38-7-3/h18,22H,5-17,20H2,1-4H3/b25-18+. The molecule has 1 amide bonds. The zero-order valence-corrected chi connectivity index (χ0v) is 25.9. The van der Waals surface area contributed by atoms with Gasteiger partial charge in [0.2, 0.25) is 0 Å². The maximum absolute atomic E-state index is 13.6. The molecule has 0 aliphatic carbocycles. The molecule has 1 unspecified atom stereocenters. The van der Waals surface area contributed by atoms with E-state index in [0.717, 1.165) is 51.4 Å². The minimum absolute atomic E-state index is 0.0801. The number of pyridine rings is 1. The van der Waals surface area contributed by atoms with E-state index in [9.17, 15) is 19.6 Å². The van der Waals surface area contributed by atoms with Crippen LogP contribution in [-0.4, -0.2) is 51.9 Å². The molecule has 3 rings (SSSR count). The van der Waals surface area contributed by atoms with Crippen molar-refractivity contribution in [2.24, 2.45) is 5.92 Å². The van der Waals surface area contributed by atoms with E-state index >= 15 is 0 Å². The van der Waals surface area contributed by atoms with Crippen LogP contribution in [0.3, 0.4) is 0 Å². The summed E-state index contributed by atoms with van der Waals surface area (Å²) >= 11 is 6.85. The van der Waals surface area contributed by atoms with E-state index in [2.05, 4.69) is 24.8 Å². The number of carbonyl (C=O) groups is 2. The molecule has 218 valence electrons. The van der Waals surface area contributed by atoms with E-state index in [0.29, 0.717) is 59.0 Å². The number of aromatic nitrogens is 1. The van der Waals surface area contributed by atoms with Crippen LogP contribution >= 0.6 is 24.0 Å². The molecule has 0 saturated carbocycles. The van der Waals surface area contributed by atoms with Gasteiger partial charge in [-0.2, -0.15) is 5.26 Å². The molecule has 10 heteroatoms. The van der Waals surface area contributed by atoms with Crippen molar-refractivity contribution in [3.05, 3.63) is 31.9 Å². The summed E-state index contributed by atoms with van der Waals surface area (Å²) in [5, 5.41) is 9.94. The number of esters is 1. The molecule has 0 aromatic carbocycles. The van der Waals surface area contributed by atoms with Crippen molar-refractivity contribution >= 4 is 52.1 Å². The van der Waals surface area contributed by atoms with E-state index in [1.807, 2.05) is 0 Å². The van der Waals surface area contributed by atoms with Gasteiger partial charge >= 0.3 is 5.97 Å². The number of rotatable bonds is 13. The Morgan fingerprint density at radius 1 is 1.12 bits per heavy atom. The molecule has 1 aromatic rings. The Morgan fingerprint density at radius 2 is 1.85 bits per heavy atom. The molecule has 2 saturated heterocycles. The molecule has 0 N–H and O–H groups in total. The number of thioether (sulfide) groups is 1. The average molecular weight is 587 g/mol. The number of nitriles is 1. The topological polar surface area (TPSA) is 95.6 Å². The SMILES string of the molecule is CCCCCCCN1C(=O)/C(=C\c2c(C)c(C#N)c(=O)n(CCCC)c2N2CCCC(C(=O)OCC)C2)SC1=S. The fraction of sp³-hybridized carbons (Fsp3) is 0.633. The fourth-order valence-electron chi connectivity index (χ4n) is 5.33. The molecule has 0 spiro atoms. The lowest BCUT2D eigenvalue weighted by Crippen LogP contribution is -2.43. The lowest BCUT2D eigenvalue weighted by molar-refractivity contribution is -0.148. The van der Waals surface area contributed by atoms with Gasteiger partial charge in [-0.1, -0.05) is 69.9 Å². The van der Waals surface area contributed by atoms with E-state index in [-0.39, 0.29) is 28.9 Å². The number of ether oxygens (including phenoxy) is 1. The van der Waals surface area contributed by atoms with Crippen LogP contribution in [0.25, 0.3) is 6.08 Å². The Bertz CT molecular complexity index is 1230. The summed E-state index contributed by atoms with van der Waals surface area (Å²) in [6, 6.07) is 2.11. The summed E-state index contributed by atoms with van der Waals surface area (Å²) in [6.07, 6.45) is 10.4. The number of hydrogen-bond acceptors (Lipinski definition) is 8. The lowest BCUT2D eigenvalue weighted by Gasteiger charge is -2.36. The Labute approximate surface area is 247 Å². The Balaban J connectivity index is 2.07. The summed E-state index contributed by atoms with van der Waals surface area (Å²) in [5.74, 6) is -0.0167. The second-order valence-corrected chi connectivity index (χ2v) is 12.1. The van der Waals surface area contributed by atoms with Crippen LogP contribution in [0.5, 0.6) is 0 Å². The van der Waals surface area contributed by atoms with E-state index in [1.165, 1.54) is 18.2 Å². The highest BCUT2D eigenvalue weighted by Gasteiger charge is 2.34. The van der Waals surface area contributed by atoms with Crippen LogP contribution in [0, 0.1) is 24.2 Å². The van der Waals surface area contributed by atoms with Gasteiger partial charge in [0, 0.05) is 31.7 Å². The van der Waals surface area contributed by atoms with Crippen molar-refractivity contribution in [2.45, 2.75) is 92.0 Å². The van der Waals surface area contributed by atoms with Gasteiger partial charge in [0.25, 0.3) is 11.5 Å². The van der Waals surface area contributed by atoms with Gasteiger partial charge in [-0.25, -0.2) is 0 Å². The normalized spacial score (nSPS) is 18.5. The van der Waals surface area contributed by atoms with Crippen molar-refractivity contribution in [2.75, 3.05) is 31.1 Å². The number of unbranched alkanes of at least 4 members (excludes halogenated alkanes) is 5. The molecule has 1 atom stereocenters. The Hall–Kier alpha value is -2.64. The lowest BCUT2D eigenvalue weighted by atomic mass is 9.96. The van der Waals surface area contributed by atoms with Crippen LogP contribution in [0.2, 0.25) is 0 Å². The highest BCUT2D eigenvalue weighted by molar-refractivity contribution is 8.26. The van der Waals surface area contributed by atoms with Gasteiger partial charge in [-0.15, -0.1) is 0 Å². The minimum atomic E-state index is -0.335. The van der Waals surface area contributed by atoms with Crippen LogP contribution in [0.4, 0.5) is 5.82 Å². The third-order valence-corrected chi connectivity index (χ3v) is 8.93. The molecular formula is C30H42N4O4S2. The van der Waals surface area contributed by atoms with E-state index in [1.54, 1.807) is 29.4 Å². The predicted molar refractivity (Wildman–Crippen MR) is 165 cm³/mol. The number of hydrogen-bond donors (Lipinski definition) is 0. The van der Waals surface area contributed by atoms with Crippen LogP contribution < -0.4 is 10.5 Å². The van der Waals surface area contributed by atoms with Gasteiger partial charge in [0.05, 0.1) is 17.4 Å². The monoisotopic (exact) mass is 586 g/mol. The molecule has 1 aromatic heterocycles. The van der Waals surface area contributed by atoms with Crippen LogP contribution in [0.1, 0.15) is 95.2 Å². The van der Waals surface area contributed by atoms with Crippen molar-refractivity contribution in [3.8, 4) is 6.07 Å². The van der Waals surface area contributed by atoms with Crippen LogP contribution in [-0.2, 0) is 20.9 Å². The first-order chi connectivity index (χ1) is 19.3. The summed E-state index contributed by atoms with van der Waals surface area (Å²) in [7, 11) is 0. The first-order valence-corrected chi connectivity index (χ1v) is 15.9. The molecule has 8 nitrogen and oxygen atoms in total. The Kier molecular flexibility index (Phi) is 12.3. The van der Waals surface area contributed by atoms with Gasteiger partial charge in [-0.05, 0) is 51.2 Å². The maximum Gasteiger partial charge on any atom is 0.310 e. The van der Waals surface area contributed by atoms with Gasteiger partial charge in [0.15, 0.2) is 0 Å². The zero-order chi connectivity index (χ0) is 29.2. The minimum Gasteiger partial charge on any atom is -0.466 e. The van der Waals surface area contributed by atoms with Crippen molar-refractivity contribution in [1.29, 1.82) is 5.26 Å². The maximum atomic E-state index is 13.6. The van der Waals surface area contributed by atoms with Gasteiger partial charge < -0.3 is 9.64 Å². The highest BCUT2D eigenvalue weighted by Crippen LogP contribution is 2.37. The zero-order valence-electron chi connectivity index (χ0n) is 24.3. The second kappa shape index (κ2) is 15.4. The molecule has 40 heavy (non-hydrogen) atoms. The summed E-state index contributed by atoms with van der Waals surface area (Å²) in [4.78, 5) is 43.9. The average Bonchev–Trinajstić information content (AvgIpc) is 3.21. The largest absolute Gasteiger partial charge is 0.466 e. The van der Waals surface area contributed by atoms with Crippen molar-refractivity contribution < 1.29 is 14.3 Å². The molecule has 2 aliphatic heterocycles. The number of amides is 1. The molecular weight excluding hydrogens is 544 g/mol. The fourth-order valence-corrected chi connectivity index (χ4v) is 6.62. The smallest absolute Gasteiger partial charge is 0.310 e. The van der Waals surface area contributed by atoms with Gasteiger partial charge in [0.1, 0.15) is 21.8 Å². The summed E-state index contributed by atoms with van der Waals surface area (Å²) in [6.45, 7) is 10.2. The van der Waals surface area contributed by atoms with E-state index < -0.39 is 0 Å². The van der Waals surface area contributed by atoms with E-state index in [4.69, 9.17) is 17.0 Å². The molecule has 2 aliphatic rings. The third kappa shape index (κ3) is 7.35. The number of piperidine rings is 1. The molecule has 0 radical (unpaired) electrons.